The van der Waals surface area contributed by atoms with Gasteiger partial charge in [-0.25, -0.2) is 0 Å². The van der Waals surface area contributed by atoms with Gasteiger partial charge in [0.1, 0.15) is 12.4 Å². The molecule has 0 aromatic heterocycles. The summed E-state index contributed by atoms with van der Waals surface area (Å²) in [5.41, 5.74) is 3.16. The van der Waals surface area contributed by atoms with E-state index >= 15 is 0 Å². The highest BCUT2D eigenvalue weighted by Crippen LogP contribution is 2.30. The predicted octanol–water partition coefficient (Wildman–Crippen LogP) is 4.26. The minimum atomic E-state index is 0.0219. The highest BCUT2D eigenvalue weighted by Gasteiger charge is 2.29. The molecule has 0 unspecified atom stereocenters. The van der Waals surface area contributed by atoms with Crippen LogP contribution in [0.5, 0.6) is 5.75 Å². The van der Waals surface area contributed by atoms with Gasteiger partial charge in [0.25, 0.3) is 5.91 Å². The number of para-hydroxylation sites is 1. The molecule has 4 rings (SSSR count). The van der Waals surface area contributed by atoms with Gasteiger partial charge in [-0.3, -0.25) is 9.69 Å². The molecule has 1 aliphatic heterocycles. The zero-order valence-corrected chi connectivity index (χ0v) is 18.5. The Morgan fingerprint density at radius 2 is 1.34 bits per heavy atom. The van der Waals surface area contributed by atoms with Crippen molar-refractivity contribution in [1.82, 2.24) is 9.80 Å². The Hall–Kier alpha value is -3.15. The third kappa shape index (κ3) is 5.18. The number of amides is 1. The lowest BCUT2D eigenvalue weighted by Gasteiger charge is -2.40. The van der Waals surface area contributed by atoms with Gasteiger partial charge in [0.05, 0.1) is 18.2 Å². The van der Waals surface area contributed by atoms with Gasteiger partial charge in [-0.05, 0) is 23.3 Å². The largest absolute Gasteiger partial charge is 0.490 e. The Labute approximate surface area is 190 Å². The number of nitrogens with zero attached hydrogens (tertiary/aromatic N) is 2. The Morgan fingerprint density at radius 3 is 1.94 bits per heavy atom. The van der Waals surface area contributed by atoms with E-state index < -0.39 is 0 Å². The van der Waals surface area contributed by atoms with E-state index in [1.165, 1.54) is 11.1 Å². The molecule has 1 saturated heterocycles. The van der Waals surface area contributed by atoms with Crippen LogP contribution in [0.25, 0.3) is 0 Å². The quantitative estimate of drug-likeness (QED) is 0.501. The van der Waals surface area contributed by atoms with Crippen LogP contribution < -0.4 is 4.74 Å². The van der Waals surface area contributed by atoms with Crippen LogP contribution in [0.3, 0.4) is 0 Å². The molecule has 1 heterocycles. The molecule has 0 N–H and O–H groups in total. The lowest BCUT2D eigenvalue weighted by Crippen LogP contribution is -2.49. The minimum Gasteiger partial charge on any atom is -0.490 e. The lowest BCUT2D eigenvalue weighted by molar-refractivity contribution is 0.0591. The Balaban J connectivity index is 1.47. The van der Waals surface area contributed by atoms with Crippen LogP contribution in [0.15, 0.2) is 84.9 Å². The van der Waals surface area contributed by atoms with Crippen molar-refractivity contribution in [3.63, 3.8) is 0 Å². The molecule has 5 heteroatoms. The smallest absolute Gasteiger partial charge is 0.257 e. The Bertz CT molecular complexity index is 947. The molecule has 1 fully saturated rings. The highest BCUT2D eigenvalue weighted by atomic mass is 16.5. The van der Waals surface area contributed by atoms with E-state index in [2.05, 4.69) is 53.4 Å². The van der Waals surface area contributed by atoms with E-state index in [1.54, 1.807) is 7.11 Å². The second-order valence-electron chi connectivity index (χ2n) is 7.89. The van der Waals surface area contributed by atoms with E-state index in [0.29, 0.717) is 37.6 Å². The van der Waals surface area contributed by atoms with Crippen LogP contribution in [-0.2, 0) is 4.74 Å². The molecule has 166 valence electrons. The first-order valence-electron chi connectivity index (χ1n) is 11.1. The number of carbonyl (C=O) groups excluding carboxylic acids is 1. The van der Waals surface area contributed by atoms with Crippen LogP contribution in [0.4, 0.5) is 0 Å². The summed E-state index contributed by atoms with van der Waals surface area (Å²) in [5, 5.41) is 0. The van der Waals surface area contributed by atoms with Gasteiger partial charge in [0.2, 0.25) is 0 Å². The van der Waals surface area contributed by atoms with Crippen molar-refractivity contribution in [2.45, 2.75) is 6.04 Å². The fraction of sp³-hybridized carbons (Fsp3) is 0.296. The number of rotatable bonds is 8. The molecule has 1 aliphatic rings. The number of carbonyl (C=O) groups is 1. The van der Waals surface area contributed by atoms with Crippen molar-refractivity contribution in [3.05, 3.63) is 102 Å². The third-order valence-corrected chi connectivity index (χ3v) is 5.86. The summed E-state index contributed by atoms with van der Waals surface area (Å²) < 4.78 is 10.8. The lowest BCUT2D eigenvalue weighted by atomic mass is 9.96. The topological polar surface area (TPSA) is 42.0 Å². The average molecular weight is 431 g/mol. The molecule has 3 aromatic carbocycles. The molecular formula is C27H30N2O3. The van der Waals surface area contributed by atoms with Gasteiger partial charge in [0.15, 0.2) is 0 Å². The normalized spacial score (nSPS) is 14.5. The first kappa shape index (κ1) is 22.1. The maximum Gasteiger partial charge on any atom is 0.257 e. The van der Waals surface area contributed by atoms with Crippen molar-refractivity contribution in [2.75, 3.05) is 46.5 Å². The fourth-order valence-electron chi connectivity index (χ4n) is 4.24. The Morgan fingerprint density at radius 1 is 0.781 bits per heavy atom. The first-order chi connectivity index (χ1) is 15.8. The maximum atomic E-state index is 13.3. The summed E-state index contributed by atoms with van der Waals surface area (Å²) in [6.45, 7) is 3.90. The van der Waals surface area contributed by atoms with E-state index in [0.717, 1.165) is 13.1 Å². The molecule has 0 radical (unpaired) electrons. The number of methoxy groups -OCH3 is 1. The zero-order valence-electron chi connectivity index (χ0n) is 18.5. The Kier molecular flexibility index (Phi) is 7.54. The number of ether oxygens (including phenoxy) is 2. The molecular weight excluding hydrogens is 400 g/mol. The van der Waals surface area contributed by atoms with E-state index in [9.17, 15) is 4.79 Å². The average Bonchev–Trinajstić information content (AvgIpc) is 2.86. The summed E-state index contributed by atoms with van der Waals surface area (Å²) in [4.78, 5) is 17.7. The minimum absolute atomic E-state index is 0.0219. The van der Waals surface area contributed by atoms with Crippen LogP contribution in [-0.4, -0.2) is 62.2 Å². The number of piperazine rings is 1. The summed E-state index contributed by atoms with van der Waals surface area (Å²) in [7, 11) is 1.64. The van der Waals surface area contributed by atoms with Crippen molar-refractivity contribution in [1.29, 1.82) is 0 Å². The first-order valence-corrected chi connectivity index (χ1v) is 11.1. The second-order valence-corrected chi connectivity index (χ2v) is 7.89. The number of hydrogen-bond acceptors (Lipinski definition) is 4. The number of benzene rings is 3. The monoisotopic (exact) mass is 430 g/mol. The molecule has 3 aromatic rings. The summed E-state index contributed by atoms with van der Waals surface area (Å²) in [6.07, 6.45) is 0. The maximum absolute atomic E-state index is 13.3. The van der Waals surface area contributed by atoms with Crippen molar-refractivity contribution < 1.29 is 14.3 Å². The second kappa shape index (κ2) is 10.9. The van der Waals surface area contributed by atoms with Gasteiger partial charge in [0, 0.05) is 33.3 Å². The molecule has 0 bridgehead atoms. The molecule has 32 heavy (non-hydrogen) atoms. The molecule has 1 amide bonds. The van der Waals surface area contributed by atoms with Gasteiger partial charge in [-0.15, -0.1) is 0 Å². The van der Waals surface area contributed by atoms with Gasteiger partial charge >= 0.3 is 0 Å². The summed E-state index contributed by atoms with van der Waals surface area (Å²) in [5.74, 6) is 0.636. The van der Waals surface area contributed by atoms with Gasteiger partial charge in [-0.1, -0.05) is 72.8 Å². The van der Waals surface area contributed by atoms with E-state index in [-0.39, 0.29) is 11.9 Å². The van der Waals surface area contributed by atoms with E-state index in [1.807, 2.05) is 41.3 Å². The van der Waals surface area contributed by atoms with Crippen LogP contribution >= 0.6 is 0 Å². The standard InChI is InChI=1S/C27H30N2O3/c1-31-20-21-32-25-15-9-8-14-24(25)27(30)29-18-16-28(17-19-29)26(22-10-4-2-5-11-22)23-12-6-3-7-13-23/h2-15,26H,16-21H2,1H3. The highest BCUT2D eigenvalue weighted by molar-refractivity contribution is 5.97. The summed E-state index contributed by atoms with van der Waals surface area (Å²) >= 11 is 0. The van der Waals surface area contributed by atoms with Crippen LogP contribution in [0.1, 0.15) is 27.5 Å². The third-order valence-electron chi connectivity index (χ3n) is 5.86. The van der Waals surface area contributed by atoms with E-state index in [4.69, 9.17) is 9.47 Å². The fourth-order valence-corrected chi connectivity index (χ4v) is 4.24. The van der Waals surface area contributed by atoms with Crippen molar-refractivity contribution in [2.24, 2.45) is 0 Å². The van der Waals surface area contributed by atoms with Crippen LogP contribution in [0.2, 0.25) is 0 Å². The van der Waals surface area contributed by atoms with Crippen molar-refractivity contribution >= 4 is 5.91 Å². The number of hydrogen-bond donors (Lipinski definition) is 0. The molecule has 0 atom stereocenters. The zero-order chi connectivity index (χ0) is 22.2. The molecule has 0 aliphatic carbocycles. The van der Waals surface area contributed by atoms with Crippen molar-refractivity contribution in [3.8, 4) is 5.75 Å². The van der Waals surface area contributed by atoms with Gasteiger partial charge < -0.3 is 14.4 Å². The van der Waals surface area contributed by atoms with Gasteiger partial charge in [-0.2, -0.15) is 0 Å². The van der Waals surface area contributed by atoms with Crippen LogP contribution in [0, 0.1) is 0 Å². The summed E-state index contributed by atoms with van der Waals surface area (Å²) in [6, 6.07) is 28.8. The predicted molar refractivity (Wildman–Crippen MR) is 126 cm³/mol. The molecule has 0 spiro atoms. The molecule has 0 saturated carbocycles. The molecule has 5 nitrogen and oxygen atoms in total. The SMILES string of the molecule is COCCOc1ccccc1C(=O)N1CCN(C(c2ccccc2)c2ccccc2)CC1.